The minimum atomic E-state index is 0.705. The summed E-state index contributed by atoms with van der Waals surface area (Å²) in [5.41, 5.74) is 3.23. The van der Waals surface area contributed by atoms with Gasteiger partial charge < -0.3 is 14.8 Å². The van der Waals surface area contributed by atoms with Crippen LogP contribution in [0.15, 0.2) is 48.5 Å². The molecule has 23 heavy (non-hydrogen) atoms. The van der Waals surface area contributed by atoms with Crippen molar-refractivity contribution >= 4 is 16.7 Å². The minimum absolute atomic E-state index is 0.705. The van der Waals surface area contributed by atoms with Gasteiger partial charge in [-0.3, -0.25) is 0 Å². The second-order valence-electron chi connectivity index (χ2n) is 5.38. The fourth-order valence-corrected chi connectivity index (χ4v) is 2.58. The van der Waals surface area contributed by atoms with Crippen LogP contribution in [0, 0.1) is 6.92 Å². The first kappa shape index (κ1) is 15.2. The van der Waals surface area contributed by atoms with Gasteiger partial charge in [-0.15, -0.1) is 0 Å². The molecule has 118 valence electrons. The van der Waals surface area contributed by atoms with E-state index in [2.05, 4.69) is 24.4 Å². The highest BCUT2D eigenvalue weighted by Gasteiger charge is 2.07. The first-order valence-electron chi connectivity index (χ1n) is 7.52. The lowest BCUT2D eigenvalue weighted by Gasteiger charge is -2.11. The molecule has 0 spiro atoms. The Morgan fingerprint density at radius 3 is 2.48 bits per heavy atom. The Labute approximate surface area is 136 Å². The number of benzene rings is 2. The first-order chi connectivity index (χ1) is 11.2. The summed E-state index contributed by atoms with van der Waals surface area (Å²) in [4.78, 5) is 4.69. The number of para-hydroxylation sites is 1. The van der Waals surface area contributed by atoms with E-state index < -0.39 is 0 Å². The van der Waals surface area contributed by atoms with Crippen LogP contribution in [0.5, 0.6) is 11.5 Å². The van der Waals surface area contributed by atoms with Crippen LogP contribution in [0.2, 0.25) is 0 Å². The molecule has 1 N–H and O–H groups in total. The average Bonchev–Trinajstić information content (AvgIpc) is 2.60. The lowest BCUT2D eigenvalue weighted by molar-refractivity contribution is 0.414. The number of rotatable bonds is 5. The monoisotopic (exact) mass is 308 g/mol. The first-order valence-corrected chi connectivity index (χ1v) is 7.52. The molecule has 4 heteroatoms. The number of nitrogens with one attached hydrogen (secondary N) is 1. The molecule has 1 heterocycles. The van der Waals surface area contributed by atoms with Gasteiger partial charge in [-0.2, -0.15) is 0 Å². The molecule has 1 aromatic heterocycles. The SMILES string of the molecule is COc1ccc(CNc2cc(C)c3cccc(OC)c3n2)cc1. The predicted molar refractivity (Wildman–Crippen MR) is 93.4 cm³/mol. The number of aryl methyl sites for hydroxylation is 1. The number of hydrogen-bond acceptors (Lipinski definition) is 4. The number of ether oxygens (including phenoxy) is 2. The van der Waals surface area contributed by atoms with Gasteiger partial charge in [-0.05, 0) is 42.3 Å². The predicted octanol–water partition coefficient (Wildman–Crippen LogP) is 4.17. The van der Waals surface area contributed by atoms with Gasteiger partial charge >= 0.3 is 0 Å². The highest BCUT2D eigenvalue weighted by molar-refractivity contribution is 5.88. The van der Waals surface area contributed by atoms with Crippen molar-refractivity contribution in [1.29, 1.82) is 0 Å². The number of methoxy groups -OCH3 is 2. The third kappa shape index (κ3) is 3.21. The van der Waals surface area contributed by atoms with Gasteiger partial charge in [-0.25, -0.2) is 4.98 Å². The molecule has 0 radical (unpaired) electrons. The summed E-state index contributed by atoms with van der Waals surface area (Å²) in [6.07, 6.45) is 0. The number of nitrogens with zero attached hydrogens (tertiary/aromatic N) is 1. The van der Waals surface area contributed by atoms with Crippen molar-refractivity contribution in [3.8, 4) is 11.5 Å². The van der Waals surface area contributed by atoms with Crippen LogP contribution in [0.3, 0.4) is 0 Å². The van der Waals surface area contributed by atoms with Crippen molar-refractivity contribution in [3.05, 3.63) is 59.7 Å². The molecule has 0 aliphatic carbocycles. The van der Waals surface area contributed by atoms with E-state index in [9.17, 15) is 0 Å². The highest BCUT2D eigenvalue weighted by Crippen LogP contribution is 2.28. The number of anilines is 1. The number of hydrogen-bond donors (Lipinski definition) is 1. The summed E-state index contributed by atoms with van der Waals surface area (Å²) in [7, 11) is 3.34. The largest absolute Gasteiger partial charge is 0.497 e. The zero-order valence-corrected chi connectivity index (χ0v) is 13.6. The van der Waals surface area contributed by atoms with Crippen molar-refractivity contribution in [3.63, 3.8) is 0 Å². The van der Waals surface area contributed by atoms with Gasteiger partial charge in [0.1, 0.15) is 22.8 Å². The Balaban J connectivity index is 1.85. The second-order valence-corrected chi connectivity index (χ2v) is 5.38. The Morgan fingerprint density at radius 2 is 1.78 bits per heavy atom. The number of fused-ring (bicyclic) bond motifs is 1. The van der Waals surface area contributed by atoms with E-state index in [1.54, 1.807) is 14.2 Å². The molecule has 0 aliphatic heterocycles. The van der Waals surface area contributed by atoms with Crippen LogP contribution in [0.25, 0.3) is 10.9 Å². The van der Waals surface area contributed by atoms with Crippen LogP contribution >= 0.6 is 0 Å². The maximum atomic E-state index is 5.42. The van der Waals surface area contributed by atoms with Gasteiger partial charge in [0.15, 0.2) is 0 Å². The summed E-state index contributed by atoms with van der Waals surface area (Å²) < 4.78 is 10.6. The third-order valence-corrected chi connectivity index (χ3v) is 3.86. The molecule has 0 saturated heterocycles. The molecule has 0 bridgehead atoms. The second kappa shape index (κ2) is 6.57. The minimum Gasteiger partial charge on any atom is -0.497 e. The molecule has 0 aliphatic rings. The zero-order chi connectivity index (χ0) is 16.2. The molecule has 0 atom stereocenters. The Morgan fingerprint density at radius 1 is 1.00 bits per heavy atom. The molecule has 3 rings (SSSR count). The molecule has 0 unspecified atom stereocenters. The summed E-state index contributed by atoms with van der Waals surface area (Å²) in [5, 5.41) is 4.49. The summed E-state index contributed by atoms with van der Waals surface area (Å²) >= 11 is 0. The maximum Gasteiger partial charge on any atom is 0.145 e. The number of aromatic nitrogens is 1. The topological polar surface area (TPSA) is 43.4 Å². The van der Waals surface area contributed by atoms with Crippen LogP contribution in [-0.2, 0) is 6.54 Å². The molecule has 0 saturated carbocycles. The Kier molecular flexibility index (Phi) is 4.33. The van der Waals surface area contributed by atoms with Gasteiger partial charge in [0, 0.05) is 11.9 Å². The molecular formula is C19H20N2O2. The van der Waals surface area contributed by atoms with Crippen molar-refractivity contribution in [2.75, 3.05) is 19.5 Å². The Hall–Kier alpha value is -2.75. The van der Waals surface area contributed by atoms with E-state index in [0.717, 1.165) is 28.2 Å². The molecule has 3 aromatic rings. The van der Waals surface area contributed by atoms with E-state index in [0.29, 0.717) is 6.54 Å². The summed E-state index contributed by atoms with van der Waals surface area (Å²) in [5.74, 6) is 2.49. The maximum absolute atomic E-state index is 5.42. The van der Waals surface area contributed by atoms with E-state index in [4.69, 9.17) is 14.5 Å². The van der Waals surface area contributed by atoms with Crippen LogP contribution < -0.4 is 14.8 Å². The highest BCUT2D eigenvalue weighted by atomic mass is 16.5. The van der Waals surface area contributed by atoms with Crippen molar-refractivity contribution in [2.24, 2.45) is 0 Å². The third-order valence-electron chi connectivity index (χ3n) is 3.86. The Bertz CT molecular complexity index is 813. The van der Waals surface area contributed by atoms with E-state index >= 15 is 0 Å². The number of pyridine rings is 1. The molecule has 4 nitrogen and oxygen atoms in total. The van der Waals surface area contributed by atoms with Crippen molar-refractivity contribution in [1.82, 2.24) is 4.98 Å². The lowest BCUT2D eigenvalue weighted by Crippen LogP contribution is -2.02. The van der Waals surface area contributed by atoms with Crippen LogP contribution in [-0.4, -0.2) is 19.2 Å². The normalized spacial score (nSPS) is 10.6. The van der Waals surface area contributed by atoms with Gasteiger partial charge in [-0.1, -0.05) is 24.3 Å². The van der Waals surface area contributed by atoms with Gasteiger partial charge in [0.2, 0.25) is 0 Å². The van der Waals surface area contributed by atoms with Gasteiger partial charge in [0.05, 0.1) is 14.2 Å². The zero-order valence-electron chi connectivity index (χ0n) is 13.6. The van der Waals surface area contributed by atoms with Crippen LogP contribution in [0.1, 0.15) is 11.1 Å². The van der Waals surface area contributed by atoms with E-state index in [1.807, 2.05) is 36.4 Å². The van der Waals surface area contributed by atoms with Gasteiger partial charge in [0.25, 0.3) is 0 Å². The van der Waals surface area contributed by atoms with E-state index in [1.165, 1.54) is 11.1 Å². The molecule has 2 aromatic carbocycles. The van der Waals surface area contributed by atoms with Crippen LogP contribution in [0.4, 0.5) is 5.82 Å². The van der Waals surface area contributed by atoms with Crippen molar-refractivity contribution < 1.29 is 9.47 Å². The quantitative estimate of drug-likeness (QED) is 0.768. The smallest absolute Gasteiger partial charge is 0.145 e. The average molecular weight is 308 g/mol. The summed E-state index contributed by atoms with van der Waals surface area (Å²) in [6, 6.07) is 16.0. The fourth-order valence-electron chi connectivity index (χ4n) is 2.58. The fraction of sp³-hybridized carbons (Fsp3) is 0.211. The standard InChI is InChI=1S/C19H20N2O2/c1-13-11-18(20-12-14-7-9-15(22-2)10-8-14)21-19-16(13)5-4-6-17(19)23-3/h4-11H,12H2,1-3H3,(H,20,21). The summed E-state index contributed by atoms with van der Waals surface area (Å²) in [6.45, 7) is 2.79. The molecule has 0 fully saturated rings. The molecule has 0 amide bonds. The molecular weight excluding hydrogens is 288 g/mol. The lowest BCUT2D eigenvalue weighted by atomic mass is 10.1. The van der Waals surface area contributed by atoms with Crippen molar-refractivity contribution in [2.45, 2.75) is 13.5 Å². The van der Waals surface area contributed by atoms with E-state index in [-0.39, 0.29) is 0 Å².